The highest BCUT2D eigenvalue weighted by Crippen LogP contribution is 2.28. The molecule has 1 aromatic carbocycles. The molecule has 8 nitrogen and oxygen atoms in total. The number of morpholine rings is 1. The van der Waals surface area contributed by atoms with Crippen LogP contribution in [-0.2, 0) is 14.3 Å². The van der Waals surface area contributed by atoms with Gasteiger partial charge in [-0.05, 0) is 25.1 Å². The first-order valence-electron chi connectivity index (χ1n) is 8.33. The highest BCUT2D eigenvalue weighted by atomic mass is 16.5. The zero-order valence-electron chi connectivity index (χ0n) is 15.3. The number of hydrogen-bond acceptors (Lipinski definition) is 6. The van der Waals surface area contributed by atoms with E-state index < -0.39 is 0 Å². The molecule has 0 bridgehead atoms. The highest BCUT2D eigenvalue weighted by molar-refractivity contribution is 5.94. The van der Waals surface area contributed by atoms with Gasteiger partial charge in [-0.1, -0.05) is 0 Å². The third-order valence-corrected chi connectivity index (χ3v) is 4.08. The summed E-state index contributed by atoms with van der Waals surface area (Å²) in [6.45, 7) is 3.32. The largest absolute Gasteiger partial charge is 0.493 e. The summed E-state index contributed by atoms with van der Waals surface area (Å²) in [7, 11) is 3.02. The molecule has 2 amide bonds. The van der Waals surface area contributed by atoms with Crippen molar-refractivity contribution in [1.29, 1.82) is 0 Å². The van der Waals surface area contributed by atoms with Crippen molar-refractivity contribution in [3.8, 4) is 11.5 Å². The second-order valence-corrected chi connectivity index (χ2v) is 5.95. The molecule has 1 aliphatic rings. The minimum absolute atomic E-state index is 0.0113. The number of likely N-dealkylation sites (N-methyl/N-ethyl adjacent to an activating group) is 1. The maximum Gasteiger partial charge on any atom is 0.260 e. The average molecular weight is 364 g/mol. The second kappa shape index (κ2) is 9.19. The van der Waals surface area contributed by atoms with Crippen molar-refractivity contribution < 1.29 is 28.6 Å². The van der Waals surface area contributed by atoms with E-state index in [0.717, 1.165) is 0 Å². The summed E-state index contributed by atoms with van der Waals surface area (Å²) >= 11 is 0. The Morgan fingerprint density at radius 1 is 1.19 bits per heavy atom. The van der Waals surface area contributed by atoms with E-state index >= 15 is 0 Å². The summed E-state index contributed by atoms with van der Waals surface area (Å²) in [6, 6.07) is 4.76. The molecule has 0 atom stereocenters. The number of methoxy groups -OCH3 is 1. The summed E-state index contributed by atoms with van der Waals surface area (Å²) in [5.74, 6) is 0.195. The fourth-order valence-electron chi connectivity index (χ4n) is 2.46. The molecular weight excluding hydrogens is 340 g/mol. The molecule has 1 saturated heterocycles. The molecule has 0 aliphatic carbocycles. The SMILES string of the molecule is COc1cc(C(C)=O)ccc1OCC(=O)N(C)CC(=O)N1CCOCC1. The van der Waals surface area contributed by atoms with Crippen LogP contribution in [-0.4, -0.2) is 81.0 Å². The van der Waals surface area contributed by atoms with Gasteiger partial charge in [0.15, 0.2) is 23.9 Å². The van der Waals surface area contributed by atoms with Crippen LogP contribution in [0.5, 0.6) is 11.5 Å². The van der Waals surface area contributed by atoms with Crippen molar-refractivity contribution in [2.45, 2.75) is 6.92 Å². The van der Waals surface area contributed by atoms with E-state index in [-0.39, 0.29) is 30.7 Å². The number of rotatable bonds is 7. The first-order chi connectivity index (χ1) is 12.4. The zero-order valence-corrected chi connectivity index (χ0v) is 15.3. The Hall–Kier alpha value is -2.61. The molecule has 0 spiro atoms. The van der Waals surface area contributed by atoms with E-state index in [1.165, 1.54) is 18.9 Å². The van der Waals surface area contributed by atoms with Gasteiger partial charge in [0.2, 0.25) is 5.91 Å². The van der Waals surface area contributed by atoms with Gasteiger partial charge in [-0.2, -0.15) is 0 Å². The summed E-state index contributed by atoms with van der Waals surface area (Å²) in [4.78, 5) is 38.8. The molecular formula is C18H24N2O6. The van der Waals surface area contributed by atoms with Crippen LogP contribution >= 0.6 is 0 Å². The van der Waals surface area contributed by atoms with Crippen LogP contribution in [0, 0.1) is 0 Å². The zero-order chi connectivity index (χ0) is 19.1. The van der Waals surface area contributed by atoms with Gasteiger partial charge in [0.05, 0.1) is 26.9 Å². The lowest BCUT2D eigenvalue weighted by molar-refractivity contribution is -0.142. The molecule has 0 N–H and O–H groups in total. The van der Waals surface area contributed by atoms with E-state index in [4.69, 9.17) is 14.2 Å². The van der Waals surface area contributed by atoms with E-state index in [1.54, 1.807) is 30.1 Å². The average Bonchev–Trinajstić information content (AvgIpc) is 2.66. The van der Waals surface area contributed by atoms with Crippen molar-refractivity contribution in [1.82, 2.24) is 9.80 Å². The molecule has 26 heavy (non-hydrogen) atoms. The second-order valence-electron chi connectivity index (χ2n) is 5.95. The molecule has 1 aromatic rings. The molecule has 0 unspecified atom stereocenters. The Labute approximate surface area is 152 Å². The maximum absolute atomic E-state index is 12.2. The molecule has 1 aliphatic heterocycles. The predicted octanol–water partition coefficient (Wildman–Crippen LogP) is 0.594. The topological polar surface area (TPSA) is 85.4 Å². The van der Waals surface area contributed by atoms with Crippen molar-refractivity contribution in [3.63, 3.8) is 0 Å². The molecule has 1 heterocycles. The van der Waals surface area contributed by atoms with Gasteiger partial charge in [-0.25, -0.2) is 0 Å². The lowest BCUT2D eigenvalue weighted by atomic mass is 10.1. The predicted molar refractivity (Wildman–Crippen MR) is 93.5 cm³/mol. The first kappa shape index (κ1) is 19.7. The third kappa shape index (κ3) is 5.19. The van der Waals surface area contributed by atoms with Crippen molar-refractivity contribution in [2.75, 3.05) is 53.6 Å². The Morgan fingerprint density at radius 3 is 2.50 bits per heavy atom. The number of amides is 2. The van der Waals surface area contributed by atoms with Gasteiger partial charge < -0.3 is 24.0 Å². The smallest absolute Gasteiger partial charge is 0.260 e. The van der Waals surface area contributed by atoms with E-state index in [1.807, 2.05) is 0 Å². The van der Waals surface area contributed by atoms with Crippen LogP contribution in [0.25, 0.3) is 0 Å². The van der Waals surface area contributed by atoms with E-state index in [2.05, 4.69) is 0 Å². The molecule has 142 valence electrons. The number of carbonyl (C=O) groups excluding carboxylic acids is 3. The summed E-state index contributed by atoms with van der Waals surface area (Å²) < 4.78 is 15.9. The minimum atomic E-state index is -0.329. The number of ketones is 1. The molecule has 1 fully saturated rings. The van der Waals surface area contributed by atoms with Gasteiger partial charge in [0.1, 0.15) is 0 Å². The van der Waals surface area contributed by atoms with Crippen molar-refractivity contribution in [3.05, 3.63) is 23.8 Å². The van der Waals surface area contributed by atoms with Crippen LogP contribution in [0.4, 0.5) is 0 Å². The summed E-state index contributed by atoms with van der Waals surface area (Å²) in [5, 5.41) is 0. The van der Waals surface area contributed by atoms with Crippen LogP contribution in [0.3, 0.4) is 0 Å². The van der Waals surface area contributed by atoms with Gasteiger partial charge in [-0.15, -0.1) is 0 Å². The fraction of sp³-hybridized carbons (Fsp3) is 0.500. The lowest BCUT2D eigenvalue weighted by Gasteiger charge is -2.28. The maximum atomic E-state index is 12.2. The highest BCUT2D eigenvalue weighted by Gasteiger charge is 2.21. The molecule has 0 saturated carbocycles. The van der Waals surface area contributed by atoms with Crippen molar-refractivity contribution >= 4 is 17.6 Å². The van der Waals surface area contributed by atoms with Gasteiger partial charge in [0, 0.05) is 25.7 Å². The molecule has 0 radical (unpaired) electrons. The van der Waals surface area contributed by atoms with Crippen LogP contribution in [0.2, 0.25) is 0 Å². The van der Waals surface area contributed by atoms with Crippen molar-refractivity contribution in [2.24, 2.45) is 0 Å². The van der Waals surface area contributed by atoms with Crippen LogP contribution in [0.1, 0.15) is 17.3 Å². The quantitative estimate of drug-likeness (QED) is 0.659. The number of nitrogens with zero attached hydrogens (tertiary/aromatic N) is 2. The third-order valence-electron chi connectivity index (χ3n) is 4.08. The monoisotopic (exact) mass is 364 g/mol. The normalized spacial score (nSPS) is 13.9. The first-order valence-corrected chi connectivity index (χ1v) is 8.33. The number of hydrogen-bond donors (Lipinski definition) is 0. The Kier molecular flexibility index (Phi) is 6.97. The summed E-state index contributed by atoms with van der Waals surface area (Å²) in [6.07, 6.45) is 0. The lowest BCUT2D eigenvalue weighted by Crippen LogP contribution is -2.46. The standard InChI is InChI=1S/C18H24N2O6/c1-13(21)14-4-5-15(16(10-14)24-3)26-12-18(23)19(2)11-17(22)20-6-8-25-9-7-20/h4-5,10H,6-9,11-12H2,1-3H3. The van der Waals surface area contributed by atoms with Crippen LogP contribution < -0.4 is 9.47 Å². The minimum Gasteiger partial charge on any atom is -0.493 e. The number of ether oxygens (including phenoxy) is 3. The van der Waals surface area contributed by atoms with Gasteiger partial charge in [0.25, 0.3) is 5.91 Å². The van der Waals surface area contributed by atoms with Gasteiger partial charge >= 0.3 is 0 Å². The fourth-order valence-corrected chi connectivity index (χ4v) is 2.46. The molecule has 8 heteroatoms. The molecule has 2 rings (SSSR count). The number of Topliss-reactive ketones (excluding diaryl/α,β-unsaturated/α-hetero) is 1. The number of benzene rings is 1. The van der Waals surface area contributed by atoms with Crippen LogP contribution in [0.15, 0.2) is 18.2 Å². The Balaban J connectivity index is 1.89. The number of carbonyl (C=O) groups is 3. The Morgan fingerprint density at radius 2 is 1.88 bits per heavy atom. The Bertz CT molecular complexity index is 670. The molecule has 0 aromatic heterocycles. The van der Waals surface area contributed by atoms with E-state index in [9.17, 15) is 14.4 Å². The van der Waals surface area contributed by atoms with E-state index in [0.29, 0.717) is 43.4 Å². The van der Waals surface area contributed by atoms with Gasteiger partial charge in [-0.3, -0.25) is 14.4 Å². The summed E-state index contributed by atoms with van der Waals surface area (Å²) in [5.41, 5.74) is 0.494.